The molecule has 0 saturated carbocycles. The predicted molar refractivity (Wildman–Crippen MR) is 312 cm³/mol. The number of rotatable bonds is 7. The highest BCUT2D eigenvalue weighted by atomic mass is 15.1. The van der Waals surface area contributed by atoms with Crippen molar-refractivity contribution in [2.45, 2.75) is 5.41 Å². The normalized spacial score (nSPS) is 12.8. The molecule has 3 heterocycles. The molecule has 0 bridgehead atoms. The smallest absolute Gasteiger partial charge is 0.164 e. The van der Waals surface area contributed by atoms with Crippen molar-refractivity contribution in [1.29, 1.82) is 0 Å². The largest absolute Gasteiger partial charge is 0.309 e. The molecule has 11 aromatic carbocycles. The second kappa shape index (κ2) is 16.9. The first-order chi connectivity index (χ1) is 38.2. The van der Waals surface area contributed by atoms with Gasteiger partial charge in [0.2, 0.25) is 0 Å². The quantitative estimate of drug-likeness (QED) is 0.160. The van der Waals surface area contributed by atoms with E-state index in [1.807, 2.05) is 12.1 Å². The van der Waals surface area contributed by atoms with E-state index in [4.69, 9.17) is 19.9 Å². The molecule has 0 aliphatic heterocycles. The molecule has 0 radical (unpaired) electrons. The Labute approximate surface area is 444 Å². The van der Waals surface area contributed by atoms with E-state index in [9.17, 15) is 0 Å². The molecular weight excluding hydrogens is 937 g/mol. The molecule has 16 rings (SSSR count). The predicted octanol–water partition coefficient (Wildman–Crippen LogP) is 17.0. The van der Waals surface area contributed by atoms with E-state index in [0.717, 1.165) is 67.2 Å². The van der Waals surface area contributed by atoms with Crippen LogP contribution < -0.4 is 0 Å². The number of hydrogen-bond donors (Lipinski definition) is 0. The van der Waals surface area contributed by atoms with Crippen LogP contribution in [0, 0.1) is 0 Å². The number of fused-ring (bicyclic) bond motifs is 14. The molecular formula is C71H44N6. The van der Waals surface area contributed by atoms with Crippen molar-refractivity contribution in [1.82, 2.24) is 29.1 Å². The highest BCUT2D eigenvalue weighted by Crippen LogP contribution is 2.64. The summed E-state index contributed by atoms with van der Waals surface area (Å²) in [6.07, 6.45) is 0. The summed E-state index contributed by atoms with van der Waals surface area (Å²) in [4.78, 5) is 21.6. The molecule has 0 fully saturated rings. The van der Waals surface area contributed by atoms with Crippen molar-refractivity contribution in [3.8, 4) is 90.3 Å². The minimum Gasteiger partial charge on any atom is -0.309 e. The minimum absolute atomic E-state index is 0.512. The van der Waals surface area contributed by atoms with Gasteiger partial charge < -0.3 is 4.57 Å². The van der Waals surface area contributed by atoms with Gasteiger partial charge in [-0.2, -0.15) is 0 Å². The van der Waals surface area contributed by atoms with Crippen molar-refractivity contribution in [3.63, 3.8) is 0 Å². The lowest BCUT2D eigenvalue weighted by Crippen LogP contribution is -2.25. The number of imidazole rings is 1. The van der Waals surface area contributed by atoms with E-state index in [0.29, 0.717) is 17.5 Å². The maximum Gasteiger partial charge on any atom is 0.164 e. The van der Waals surface area contributed by atoms with Crippen molar-refractivity contribution >= 4 is 32.8 Å². The van der Waals surface area contributed by atoms with Gasteiger partial charge in [0.25, 0.3) is 0 Å². The Balaban J connectivity index is 0.880. The number of hydrogen-bond acceptors (Lipinski definition) is 4. The lowest BCUT2D eigenvalue weighted by atomic mass is 9.70. The van der Waals surface area contributed by atoms with Crippen LogP contribution in [0.15, 0.2) is 267 Å². The zero-order valence-electron chi connectivity index (χ0n) is 41.6. The van der Waals surface area contributed by atoms with Gasteiger partial charge in [0.05, 0.1) is 27.5 Å². The second-order valence-electron chi connectivity index (χ2n) is 20.1. The zero-order valence-corrected chi connectivity index (χ0v) is 41.6. The number of benzene rings is 11. The maximum atomic E-state index is 5.51. The standard InChI is InChI=1S/C71H44N6/c1-3-19-47(20-4-1)70-72-62-34-14-16-36-65(62)77(70)51-24-17-21-49(43-51)68-73-67(46-39-37-45(38-40-46)48-41-42-64-57(44-48)54-27-10-15-35-63(54)76(64)50-22-5-2-6-23-50)74-69(75-68)56-29-18-33-61-66(56)55-28-9-13-32-60(55)71(61)58-30-11-7-25-52(58)53-26-8-12-31-59(53)71/h1-44H. The Bertz CT molecular complexity index is 4640. The molecule has 6 heteroatoms. The molecule has 0 amide bonds. The first-order valence-corrected chi connectivity index (χ1v) is 26.2. The lowest BCUT2D eigenvalue weighted by molar-refractivity contribution is 0.794. The molecule has 77 heavy (non-hydrogen) atoms. The van der Waals surface area contributed by atoms with Crippen LogP contribution in [0.3, 0.4) is 0 Å². The van der Waals surface area contributed by atoms with E-state index in [-0.39, 0.29) is 0 Å². The molecule has 2 aliphatic carbocycles. The molecule has 14 aromatic rings. The lowest BCUT2D eigenvalue weighted by Gasteiger charge is -2.30. The monoisotopic (exact) mass is 980 g/mol. The van der Waals surface area contributed by atoms with Gasteiger partial charge in [-0.1, -0.05) is 212 Å². The molecule has 0 unspecified atom stereocenters. The second-order valence-corrected chi connectivity index (χ2v) is 20.1. The number of nitrogens with zero attached hydrogens (tertiary/aromatic N) is 6. The number of para-hydroxylation sites is 4. The van der Waals surface area contributed by atoms with Gasteiger partial charge in [-0.25, -0.2) is 19.9 Å². The maximum absolute atomic E-state index is 5.51. The van der Waals surface area contributed by atoms with Crippen LogP contribution in [0.2, 0.25) is 0 Å². The van der Waals surface area contributed by atoms with E-state index >= 15 is 0 Å². The fourth-order valence-electron chi connectivity index (χ4n) is 12.8. The molecule has 0 N–H and O–H groups in total. The summed E-state index contributed by atoms with van der Waals surface area (Å²) in [5, 5.41) is 2.43. The van der Waals surface area contributed by atoms with Crippen LogP contribution in [0.4, 0.5) is 0 Å². The molecule has 1 spiro atoms. The molecule has 3 aromatic heterocycles. The van der Waals surface area contributed by atoms with E-state index in [2.05, 4.69) is 264 Å². The molecule has 2 aliphatic rings. The molecule has 0 atom stereocenters. The summed E-state index contributed by atoms with van der Waals surface area (Å²) in [6, 6.07) is 95.5. The summed E-state index contributed by atoms with van der Waals surface area (Å²) >= 11 is 0. The van der Waals surface area contributed by atoms with Crippen molar-refractivity contribution < 1.29 is 0 Å². The minimum atomic E-state index is -0.512. The highest BCUT2D eigenvalue weighted by Gasteiger charge is 2.52. The van der Waals surface area contributed by atoms with Crippen LogP contribution in [0.5, 0.6) is 0 Å². The average Bonchev–Trinajstić information content (AvgIpc) is 4.31. The summed E-state index contributed by atoms with van der Waals surface area (Å²) in [7, 11) is 0. The van der Waals surface area contributed by atoms with Crippen molar-refractivity contribution in [3.05, 3.63) is 289 Å². The van der Waals surface area contributed by atoms with Crippen molar-refractivity contribution in [2.24, 2.45) is 0 Å². The highest BCUT2D eigenvalue weighted by molar-refractivity contribution is 6.10. The van der Waals surface area contributed by atoms with Gasteiger partial charge in [0.15, 0.2) is 17.5 Å². The van der Waals surface area contributed by atoms with Crippen LogP contribution in [-0.2, 0) is 5.41 Å². The third kappa shape index (κ3) is 6.42. The topological polar surface area (TPSA) is 61.4 Å². The Morgan fingerprint density at radius 1 is 0.273 bits per heavy atom. The Morgan fingerprint density at radius 2 is 0.792 bits per heavy atom. The Kier molecular flexibility index (Phi) is 9.45. The van der Waals surface area contributed by atoms with Gasteiger partial charge in [0.1, 0.15) is 5.82 Å². The first-order valence-electron chi connectivity index (χ1n) is 26.2. The van der Waals surface area contributed by atoms with Gasteiger partial charge in [-0.3, -0.25) is 4.57 Å². The SMILES string of the molecule is c1ccc(-c2nc3ccccc3n2-c2cccc(-c3nc(-c4ccc(-c5ccc6c(c5)c5ccccc5n6-c5ccccc5)cc4)nc(-c4cccc5c4-c4ccccc4C54c5ccccc5-c5ccccc54)n3)c2)cc1. The van der Waals surface area contributed by atoms with E-state index < -0.39 is 5.41 Å². The summed E-state index contributed by atoms with van der Waals surface area (Å²) in [5.41, 5.74) is 21.8. The van der Waals surface area contributed by atoms with Gasteiger partial charge in [-0.15, -0.1) is 0 Å². The fourth-order valence-corrected chi connectivity index (χ4v) is 12.8. The first kappa shape index (κ1) is 43.1. The Hall–Kier alpha value is -10.3. The van der Waals surface area contributed by atoms with E-state index in [1.165, 1.54) is 60.8 Å². The third-order valence-corrected chi connectivity index (χ3v) is 16.0. The van der Waals surface area contributed by atoms with Gasteiger partial charge >= 0.3 is 0 Å². The molecule has 6 nitrogen and oxygen atoms in total. The fraction of sp³-hybridized carbons (Fsp3) is 0.0141. The Morgan fingerprint density at radius 3 is 1.56 bits per heavy atom. The van der Waals surface area contributed by atoms with Crippen LogP contribution in [0.1, 0.15) is 22.3 Å². The average molecular weight is 981 g/mol. The van der Waals surface area contributed by atoms with Crippen LogP contribution in [-0.4, -0.2) is 29.1 Å². The van der Waals surface area contributed by atoms with Gasteiger partial charge in [-0.05, 0) is 110 Å². The number of aromatic nitrogens is 6. The van der Waals surface area contributed by atoms with Gasteiger partial charge in [0, 0.05) is 44.4 Å². The van der Waals surface area contributed by atoms with Crippen LogP contribution >= 0.6 is 0 Å². The molecule has 358 valence electrons. The van der Waals surface area contributed by atoms with E-state index in [1.54, 1.807) is 0 Å². The van der Waals surface area contributed by atoms with Crippen LogP contribution in [0.25, 0.3) is 123 Å². The third-order valence-electron chi connectivity index (χ3n) is 16.0. The van der Waals surface area contributed by atoms with Crippen molar-refractivity contribution in [2.75, 3.05) is 0 Å². The summed E-state index contributed by atoms with van der Waals surface area (Å²) < 4.78 is 4.60. The molecule has 0 saturated heterocycles. The summed E-state index contributed by atoms with van der Waals surface area (Å²) in [5.74, 6) is 2.65. The summed E-state index contributed by atoms with van der Waals surface area (Å²) in [6.45, 7) is 0. The zero-order chi connectivity index (χ0) is 50.6.